The van der Waals surface area contributed by atoms with Crippen molar-refractivity contribution in [3.8, 4) is 0 Å². The second-order valence-electron chi connectivity index (χ2n) is 5.88. The molecule has 0 aliphatic carbocycles. The van der Waals surface area contributed by atoms with E-state index >= 15 is 0 Å². The summed E-state index contributed by atoms with van der Waals surface area (Å²) in [6.45, 7) is 2.97. The molecule has 23 heavy (non-hydrogen) atoms. The summed E-state index contributed by atoms with van der Waals surface area (Å²) in [7, 11) is 0. The summed E-state index contributed by atoms with van der Waals surface area (Å²) in [4.78, 5) is 18.6. The first-order valence-electron chi connectivity index (χ1n) is 7.89. The highest BCUT2D eigenvalue weighted by Gasteiger charge is 2.21. The number of amides is 1. The molecule has 0 bridgehead atoms. The lowest BCUT2D eigenvalue weighted by molar-refractivity contribution is 0.0908. The van der Waals surface area contributed by atoms with Gasteiger partial charge in [0.25, 0.3) is 5.91 Å². The third kappa shape index (κ3) is 4.53. The summed E-state index contributed by atoms with van der Waals surface area (Å²) in [6.07, 6.45) is 3.46. The van der Waals surface area contributed by atoms with E-state index < -0.39 is 0 Å². The summed E-state index contributed by atoms with van der Waals surface area (Å²) < 4.78 is 0. The smallest absolute Gasteiger partial charge is 0.253 e. The van der Waals surface area contributed by atoms with Crippen LogP contribution < -0.4 is 5.32 Å². The monoisotopic (exact) mass is 329 g/mol. The molecule has 0 atom stereocenters. The minimum atomic E-state index is -0.0734. The fourth-order valence-corrected chi connectivity index (χ4v) is 2.97. The van der Waals surface area contributed by atoms with E-state index in [1.54, 1.807) is 12.1 Å². The summed E-state index contributed by atoms with van der Waals surface area (Å²) in [5.74, 6) is -0.0734. The molecule has 1 aliphatic rings. The van der Waals surface area contributed by atoms with Gasteiger partial charge < -0.3 is 5.32 Å². The molecule has 5 heteroatoms. The second kappa shape index (κ2) is 7.57. The number of piperidine rings is 1. The maximum atomic E-state index is 12.2. The van der Waals surface area contributed by atoms with Crippen molar-refractivity contribution in [2.75, 3.05) is 13.1 Å². The Morgan fingerprint density at radius 2 is 1.91 bits per heavy atom. The quantitative estimate of drug-likeness (QED) is 0.877. The van der Waals surface area contributed by atoms with Gasteiger partial charge >= 0.3 is 0 Å². The van der Waals surface area contributed by atoms with E-state index in [1.807, 2.05) is 6.07 Å². The van der Waals surface area contributed by atoms with E-state index in [1.165, 1.54) is 11.8 Å². The average Bonchev–Trinajstić information content (AvgIpc) is 2.58. The number of hydrogen-bond acceptors (Lipinski definition) is 3. The van der Waals surface area contributed by atoms with E-state index in [4.69, 9.17) is 11.6 Å². The molecule has 0 radical (unpaired) electrons. The molecular formula is C18H20ClN3O. The molecule has 1 fully saturated rings. The summed E-state index contributed by atoms with van der Waals surface area (Å²) in [6, 6.07) is 14.1. The topological polar surface area (TPSA) is 45.2 Å². The molecule has 4 nitrogen and oxygen atoms in total. The molecule has 2 aromatic rings. The number of benzene rings is 1. The molecule has 2 heterocycles. The van der Waals surface area contributed by atoms with E-state index in [0.29, 0.717) is 10.7 Å². The van der Waals surface area contributed by atoms with Gasteiger partial charge in [0.15, 0.2) is 0 Å². The van der Waals surface area contributed by atoms with Crippen molar-refractivity contribution in [2.45, 2.75) is 25.4 Å². The Balaban J connectivity index is 1.47. The Kier molecular flexibility index (Phi) is 5.26. The lowest BCUT2D eigenvalue weighted by Crippen LogP contribution is -2.44. The van der Waals surface area contributed by atoms with Crippen LogP contribution in [0.1, 0.15) is 28.8 Å². The first kappa shape index (κ1) is 16.0. The molecule has 1 saturated heterocycles. The highest BCUT2D eigenvalue weighted by molar-refractivity contribution is 6.29. The molecule has 1 aliphatic heterocycles. The average molecular weight is 330 g/mol. The maximum Gasteiger partial charge on any atom is 0.253 e. The number of likely N-dealkylation sites (tertiary alicyclic amines) is 1. The maximum absolute atomic E-state index is 12.2. The molecule has 1 amide bonds. The number of carbonyl (C=O) groups is 1. The van der Waals surface area contributed by atoms with Crippen molar-refractivity contribution >= 4 is 17.5 Å². The molecule has 0 saturated carbocycles. The molecule has 1 aromatic heterocycles. The number of nitrogens with zero attached hydrogens (tertiary/aromatic N) is 2. The highest BCUT2D eigenvalue weighted by Crippen LogP contribution is 2.14. The van der Waals surface area contributed by atoms with Crippen LogP contribution in [0.3, 0.4) is 0 Å². The minimum absolute atomic E-state index is 0.0734. The van der Waals surface area contributed by atoms with Gasteiger partial charge in [-0.2, -0.15) is 0 Å². The molecular weight excluding hydrogens is 310 g/mol. The molecule has 1 N–H and O–H groups in total. The number of halogens is 1. The molecule has 0 spiro atoms. The fraction of sp³-hybridized carbons (Fsp3) is 0.333. The molecule has 120 valence electrons. The third-order valence-corrected chi connectivity index (χ3v) is 4.38. The highest BCUT2D eigenvalue weighted by atomic mass is 35.5. The van der Waals surface area contributed by atoms with Crippen molar-refractivity contribution in [1.29, 1.82) is 0 Å². The molecule has 0 unspecified atom stereocenters. The Morgan fingerprint density at radius 3 is 2.57 bits per heavy atom. The van der Waals surface area contributed by atoms with Crippen LogP contribution in [0.5, 0.6) is 0 Å². The van der Waals surface area contributed by atoms with Crippen LogP contribution in [0.25, 0.3) is 0 Å². The first-order chi connectivity index (χ1) is 11.2. The van der Waals surface area contributed by atoms with Crippen LogP contribution in [0.4, 0.5) is 0 Å². The number of nitrogens with one attached hydrogen (secondary N) is 1. The first-order valence-corrected chi connectivity index (χ1v) is 8.27. The Morgan fingerprint density at radius 1 is 1.17 bits per heavy atom. The Bertz CT molecular complexity index is 637. The van der Waals surface area contributed by atoms with Crippen LogP contribution in [0, 0.1) is 0 Å². The van der Waals surface area contributed by atoms with Gasteiger partial charge in [-0.1, -0.05) is 41.9 Å². The van der Waals surface area contributed by atoms with Crippen LogP contribution in [-0.2, 0) is 6.54 Å². The molecule has 1 aromatic carbocycles. The number of hydrogen-bond donors (Lipinski definition) is 1. The SMILES string of the molecule is O=C(NC1CCN(Cc2ccccc2)CC1)c1ccc(Cl)nc1. The van der Waals surface area contributed by atoms with Crippen molar-refractivity contribution in [3.05, 3.63) is 64.9 Å². The zero-order valence-corrected chi connectivity index (χ0v) is 13.7. The van der Waals surface area contributed by atoms with Crippen LogP contribution in [0.2, 0.25) is 5.15 Å². The van der Waals surface area contributed by atoms with Crippen LogP contribution in [0.15, 0.2) is 48.7 Å². The van der Waals surface area contributed by atoms with Gasteiger partial charge in [0, 0.05) is 31.9 Å². The van der Waals surface area contributed by atoms with E-state index in [9.17, 15) is 4.79 Å². The van der Waals surface area contributed by atoms with Crippen molar-refractivity contribution < 1.29 is 4.79 Å². The van der Waals surface area contributed by atoms with Crippen molar-refractivity contribution in [3.63, 3.8) is 0 Å². The standard InChI is InChI=1S/C18H20ClN3O/c19-17-7-6-15(12-20-17)18(23)21-16-8-10-22(11-9-16)13-14-4-2-1-3-5-14/h1-7,12,16H,8-11,13H2,(H,21,23). The lowest BCUT2D eigenvalue weighted by atomic mass is 10.0. The number of aromatic nitrogens is 1. The van der Waals surface area contributed by atoms with Crippen molar-refractivity contribution in [1.82, 2.24) is 15.2 Å². The zero-order valence-electron chi connectivity index (χ0n) is 12.9. The lowest BCUT2D eigenvalue weighted by Gasteiger charge is -2.32. The Hall–Kier alpha value is -1.91. The number of carbonyl (C=O) groups excluding carboxylic acids is 1. The minimum Gasteiger partial charge on any atom is -0.349 e. The van der Waals surface area contributed by atoms with Gasteiger partial charge in [0.1, 0.15) is 5.15 Å². The largest absolute Gasteiger partial charge is 0.349 e. The fourth-order valence-electron chi connectivity index (χ4n) is 2.86. The zero-order chi connectivity index (χ0) is 16.1. The Labute approximate surface area is 141 Å². The van der Waals surface area contributed by atoms with Crippen molar-refractivity contribution in [2.24, 2.45) is 0 Å². The predicted molar refractivity (Wildman–Crippen MR) is 91.5 cm³/mol. The number of rotatable bonds is 4. The predicted octanol–water partition coefficient (Wildman–Crippen LogP) is 3.13. The van der Waals surface area contributed by atoms with Gasteiger partial charge in [-0.05, 0) is 30.5 Å². The summed E-state index contributed by atoms with van der Waals surface area (Å²) in [5.41, 5.74) is 1.89. The van der Waals surface area contributed by atoms with Gasteiger partial charge in [-0.15, -0.1) is 0 Å². The van der Waals surface area contributed by atoms with E-state index in [-0.39, 0.29) is 11.9 Å². The summed E-state index contributed by atoms with van der Waals surface area (Å²) >= 11 is 5.74. The van der Waals surface area contributed by atoms with Gasteiger partial charge in [-0.25, -0.2) is 4.98 Å². The van der Waals surface area contributed by atoms with E-state index in [0.717, 1.165) is 32.5 Å². The van der Waals surface area contributed by atoms with E-state index in [2.05, 4.69) is 39.5 Å². The van der Waals surface area contributed by atoms with Crippen LogP contribution >= 0.6 is 11.6 Å². The summed E-state index contributed by atoms with van der Waals surface area (Å²) in [5, 5.41) is 3.49. The third-order valence-electron chi connectivity index (χ3n) is 4.16. The van der Waals surface area contributed by atoms with Gasteiger partial charge in [0.2, 0.25) is 0 Å². The normalized spacial score (nSPS) is 16.2. The number of pyridine rings is 1. The van der Waals surface area contributed by atoms with Gasteiger partial charge in [-0.3, -0.25) is 9.69 Å². The second-order valence-corrected chi connectivity index (χ2v) is 6.27. The molecule has 3 rings (SSSR count). The van der Waals surface area contributed by atoms with Crippen LogP contribution in [-0.4, -0.2) is 34.9 Å². The van der Waals surface area contributed by atoms with Gasteiger partial charge in [0.05, 0.1) is 5.56 Å².